The maximum atomic E-state index is 13.7. The van der Waals surface area contributed by atoms with Crippen LogP contribution >= 0.6 is 0 Å². The van der Waals surface area contributed by atoms with Crippen LogP contribution in [0.4, 0.5) is 8.78 Å². The SMILES string of the molecule is O=C(NCC(O)c1c(F)cccc1F)c1cccn1C1CCCC1. The number of carbonyl (C=O) groups is 1. The molecule has 1 aliphatic rings. The number of rotatable bonds is 5. The summed E-state index contributed by atoms with van der Waals surface area (Å²) in [5.74, 6) is -2.01. The zero-order chi connectivity index (χ0) is 17.1. The van der Waals surface area contributed by atoms with Crippen molar-refractivity contribution in [1.82, 2.24) is 9.88 Å². The van der Waals surface area contributed by atoms with Gasteiger partial charge in [-0.1, -0.05) is 18.9 Å². The van der Waals surface area contributed by atoms with Gasteiger partial charge in [0.1, 0.15) is 23.4 Å². The predicted molar refractivity (Wildman–Crippen MR) is 85.6 cm³/mol. The summed E-state index contributed by atoms with van der Waals surface area (Å²) in [6, 6.07) is 7.22. The van der Waals surface area contributed by atoms with Crippen molar-refractivity contribution in [2.75, 3.05) is 6.54 Å². The first-order valence-corrected chi connectivity index (χ1v) is 8.15. The number of aliphatic hydroxyl groups is 1. The van der Waals surface area contributed by atoms with Gasteiger partial charge in [-0.05, 0) is 37.1 Å². The first-order valence-electron chi connectivity index (χ1n) is 8.15. The standard InChI is InChI=1S/C18H20F2N2O2/c19-13-7-3-8-14(20)17(13)16(23)11-21-18(24)15-9-4-10-22(15)12-5-1-2-6-12/h3-4,7-10,12,16,23H,1-2,5-6,11H2,(H,21,24). The summed E-state index contributed by atoms with van der Waals surface area (Å²) in [4.78, 5) is 12.4. The zero-order valence-electron chi connectivity index (χ0n) is 13.2. The normalized spacial score (nSPS) is 16.3. The molecule has 1 aromatic carbocycles. The lowest BCUT2D eigenvalue weighted by atomic mass is 10.1. The number of aliphatic hydroxyl groups excluding tert-OH is 1. The zero-order valence-corrected chi connectivity index (χ0v) is 13.2. The van der Waals surface area contributed by atoms with Crippen LogP contribution in [0.3, 0.4) is 0 Å². The quantitative estimate of drug-likeness (QED) is 0.881. The molecule has 0 bridgehead atoms. The van der Waals surface area contributed by atoms with Gasteiger partial charge in [-0.15, -0.1) is 0 Å². The van der Waals surface area contributed by atoms with Gasteiger partial charge in [0.05, 0.1) is 5.56 Å². The van der Waals surface area contributed by atoms with E-state index in [0.717, 1.165) is 37.8 Å². The molecule has 1 heterocycles. The van der Waals surface area contributed by atoms with Crippen LogP contribution in [0, 0.1) is 11.6 Å². The van der Waals surface area contributed by atoms with Crippen LogP contribution in [-0.4, -0.2) is 22.1 Å². The minimum Gasteiger partial charge on any atom is -0.386 e. The fourth-order valence-electron chi connectivity index (χ4n) is 3.30. The molecule has 1 saturated carbocycles. The Balaban J connectivity index is 1.67. The summed E-state index contributed by atoms with van der Waals surface area (Å²) in [6.45, 7) is -0.257. The lowest BCUT2D eigenvalue weighted by Crippen LogP contribution is -2.31. The number of carbonyl (C=O) groups excluding carboxylic acids is 1. The Morgan fingerprint density at radius 1 is 1.21 bits per heavy atom. The monoisotopic (exact) mass is 334 g/mol. The second-order valence-corrected chi connectivity index (χ2v) is 6.10. The Hall–Kier alpha value is -2.21. The molecular formula is C18H20F2N2O2. The number of amides is 1. The second kappa shape index (κ2) is 7.13. The van der Waals surface area contributed by atoms with Crippen molar-refractivity contribution in [3.63, 3.8) is 0 Å². The number of hydrogen-bond donors (Lipinski definition) is 2. The average molecular weight is 334 g/mol. The molecule has 1 amide bonds. The largest absolute Gasteiger partial charge is 0.386 e. The van der Waals surface area contributed by atoms with E-state index in [1.165, 1.54) is 6.07 Å². The van der Waals surface area contributed by atoms with Crippen LogP contribution in [0.25, 0.3) is 0 Å². The molecule has 1 aliphatic carbocycles. The maximum absolute atomic E-state index is 13.7. The topological polar surface area (TPSA) is 54.3 Å². The molecule has 1 atom stereocenters. The lowest BCUT2D eigenvalue weighted by molar-refractivity contribution is 0.0900. The van der Waals surface area contributed by atoms with E-state index in [2.05, 4.69) is 5.32 Å². The third kappa shape index (κ3) is 3.33. The summed E-state index contributed by atoms with van der Waals surface area (Å²) >= 11 is 0. The van der Waals surface area contributed by atoms with Crippen molar-refractivity contribution in [2.45, 2.75) is 37.8 Å². The Bertz CT molecular complexity index is 703. The van der Waals surface area contributed by atoms with Crippen LogP contribution in [0.2, 0.25) is 0 Å². The molecular weight excluding hydrogens is 314 g/mol. The van der Waals surface area contributed by atoms with Crippen LogP contribution in [0.15, 0.2) is 36.5 Å². The van der Waals surface area contributed by atoms with Crippen LogP contribution < -0.4 is 5.32 Å². The second-order valence-electron chi connectivity index (χ2n) is 6.10. The molecule has 6 heteroatoms. The molecule has 3 rings (SSSR count). The predicted octanol–water partition coefficient (Wildman–Crippen LogP) is 3.34. The van der Waals surface area contributed by atoms with Crippen molar-refractivity contribution in [1.29, 1.82) is 0 Å². The molecule has 0 saturated heterocycles. The molecule has 24 heavy (non-hydrogen) atoms. The van der Waals surface area contributed by atoms with Gasteiger partial charge in [0, 0.05) is 18.8 Å². The molecule has 1 fully saturated rings. The molecule has 4 nitrogen and oxygen atoms in total. The summed E-state index contributed by atoms with van der Waals surface area (Å²) in [7, 11) is 0. The first kappa shape index (κ1) is 16.6. The van der Waals surface area contributed by atoms with Gasteiger partial charge in [0.2, 0.25) is 0 Å². The van der Waals surface area contributed by atoms with E-state index in [4.69, 9.17) is 0 Å². The molecule has 0 radical (unpaired) electrons. The minimum atomic E-state index is -1.44. The van der Waals surface area contributed by atoms with E-state index in [1.807, 2.05) is 10.8 Å². The molecule has 2 N–H and O–H groups in total. The van der Waals surface area contributed by atoms with E-state index >= 15 is 0 Å². The molecule has 1 aromatic heterocycles. The smallest absolute Gasteiger partial charge is 0.268 e. The van der Waals surface area contributed by atoms with Gasteiger partial charge < -0.3 is 15.0 Å². The van der Waals surface area contributed by atoms with Crippen molar-refractivity contribution in [3.05, 3.63) is 59.4 Å². The van der Waals surface area contributed by atoms with Gasteiger partial charge in [0.25, 0.3) is 5.91 Å². The fourth-order valence-corrected chi connectivity index (χ4v) is 3.30. The summed E-state index contributed by atoms with van der Waals surface area (Å²) in [5.41, 5.74) is 0.0760. The van der Waals surface area contributed by atoms with E-state index in [0.29, 0.717) is 11.7 Å². The van der Waals surface area contributed by atoms with Gasteiger partial charge >= 0.3 is 0 Å². The van der Waals surface area contributed by atoms with Crippen molar-refractivity contribution >= 4 is 5.91 Å². The Morgan fingerprint density at radius 2 is 1.88 bits per heavy atom. The Morgan fingerprint density at radius 3 is 2.54 bits per heavy atom. The molecule has 0 spiro atoms. The number of nitrogens with one attached hydrogen (secondary N) is 1. The molecule has 2 aromatic rings. The highest BCUT2D eigenvalue weighted by Gasteiger charge is 2.23. The lowest BCUT2D eigenvalue weighted by Gasteiger charge is -2.17. The fraction of sp³-hybridized carbons (Fsp3) is 0.389. The highest BCUT2D eigenvalue weighted by molar-refractivity contribution is 5.92. The first-order chi connectivity index (χ1) is 11.6. The van der Waals surface area contributed by atoms with Gasteiger partial charge in [0.15, 0.2) is 0 Å². The third-order valence-electron chi connectivity index (χ3n) is 4.52. The maximum Gasteiger partial charge on any atom is 0.268 e. The summed E-state index contributed by atoms with van der Waals surface area (Å²) in [5, 5.41) is 12.6. The van der Waals surface area contributed by atoms with E-state index in [9.17, 15) is 18.7 Å². The van der Waals surface area contributed by atoms with E-state index in [-0.39, 0.29) is 12.5 Å². The van der Waals surface area contributed by atoms with Crippen molar-refractivity contribution < 1.29 is 18.7 Å². The molecule has 0 aliphatic heterocycles. The van der Waals surface area contributed by atoms with E-state index < -0.39 is 23.3 Å². The van der Waals surface area contributed by atoms with Gasteiger partial charge in [-0.3, -0.25) is 4.79 Å². The number of nitrogens with zero attached hydrogens (tertiary/aromatic N) is 1. The van der Waals surface area contributed by atoms with Crippen LogP contribution in [-0.2, 0) is 0 Å². The van der Waals surface area contributed by atoms with Crippen molar-refractivity contribution in [3.8, 4) is 0 Å². The summed E-state index contributed by atoms with van der Waals surface area (Å²) < 4.78 is 29.2. The van der Waals surface area contributed by atoms with Gasteiger partial charge in [-0.25, -0.2) is 8.78 Å². The number of benzene rings is 1. The highest BCUT2D eigenvalue weighted by Crippen LogP contribution is 2.30. The van der Waals surface area contributed by atoms with Crippen molar-refractivity contribution in [2.24, 2.45) is 0 Å². The minimum absolute atomic E-state index is 0.257. The Labute approximate surface area is 139 Å². The third-order valence-corrected chi connectivity index (χ3v) is 4.52. The number of hydrogen-bond acceptors (Lipinski definition) is 2. The highest BCUT2D eigenvalue weighted by atomic mass is 19.1. The Kier molecular flexibility index (Phi) is 4.94. The van der Waals surface area contributed by atoms with Crippen LogP contribution in [0.5, 0.6) is 0 Å². The number of halogens is 2. The van der Waals surface area contributed by atoms with Gasteiger partial charge in [-0.2, -0.15) is 0 Å². The number of aromatic nitrogens is 1. The molecule has 1 unspecified atom stereocenters. The summed E-state index contributed by atoms with van der Waals surface area (Å²) in [6.07, 6.45) is 4.81. The van der Waals surface area contributed by atoms with Crippen LogP contribution in [0.1, 0.15) is 53.9 Å². The molecule has 128 valence electrons. The van der Waals surface area contributed by atoms with E-state index in [1.54, 1.807) is 12.1 Å². The average Bonchev–Trinajstić information content (AvgIpc) is 3.22.